The molecule has 2 aromatic rings. The summed E-state index contributed by atoms with van der Waals surface area (Å²) < 4.78 is 1.97. The molecule has 2 heterocycles. The summed E-state index contributed by atoms with van der Waals surface area (Å²) in [4.78, 5) is 31.6. The van der Waals surface area contributed by atoms with Crippen molar-refractivity contribution < 1.29 is 24.9 Å². The van der Waals surface area contributed by atoms with E-state index in [9.17, 15) is 9.59 Å². The molecule has 2 atom stereocenters. The Morgan fingerprint density at radius 3 is 2.40 bits per heavy atom. The molecule has 10 heteroatoms. The van der Waals surface area contributed by atoms with Gasteiger partial charge in [-0.15, -0.1) is 0 Å². The fraction of sp³-hybridized carbons (Fsp3) is 0.400. The average Bonchev–Trinajstić information content (AvgIpc) is 3.20. The van der Waals surface area contributed by atoms with Gasteiger partial charge in [0.15, 0.2) is 11.5 Å². The summed E-state index contributed by atoms with van der Waals surface area (Å²) >= 11 is 0. The van der Waals surface area contributed by atoms with Crippen molar-refractivity contribution in [3.8, 4) is 0 Å². The summed E-state index contributed by atoms with van der Waals surface area (Å²) in [5.74, 6) is -1.54. The van der Waals surface area contributed by atoms with Crippen molar-refractivity contribution in [3.05, 3.63) is 24.8 Å². The SMILES string of the molecule is Nc1ncnc2c1ncn2[C@@H]1C=C[C@H](CO)C1.O=C(O)CCC(=O)O. The Bertz CT molecular complexity index is 774. The van der Waals surface area contributed by atoms with Crippen molar-refractivity contribution in [2.45, 2.75) is 25.3 Å². The normalized spacial score (nSPS) is 18.8. The highest BCUT2D eigenvalue weighted by molar-refractivity contribution is 5.81. The Labute approximate surface area is 142 Å². The first-order chi connectivity index (χ1) is 11.9. The van der Waals surface area contributed by atoms with E-state index in [-0.39, 0.29) is 31.4 Å². The molecular formula is C15H19N5O5. The average molecular weight is 349 g/mol. The second-order valence-electron chi connectivity index (χ2n) is 5.50. The lowest BCUT2D eigenvalue weighted by molar-refractivity contribution is -0.143. The molecule has 1 aliphatic rings. The summed E-state index contributed by atoms with van der Waals surface area (Å²) in [5, 5.41) is 24.9. The smallest absolute Gasteiger partial charge is 0.303 e. The number of aliphatic hydroxyl groups is 1. The molecule has 5 N–H and O–H groups in total. The van der Waals surface area contributed by atoms with Gasteiger partial charge in [0.05, 0.1) is 25.2 Å². The molecule has 25 heavy (non-hydrogen) atoms. The second kappa shape index (κ2) is 8.20. The van der Waals surface area contributed by atoms with Crippen LogP contribution in [0.25, 0.3) is 11.2 Å². The molecular weight excluding hydrogens is 330 g/mol. The number of carboxylic acid groups (broad SMARTS) is 2. The zero-order valence-electron chi connectivity index (χ0n) is 13.3. The monoisotopic (exact) mass is 349 g/mol. The van der Waals surface area contributed by atoms with Gasteiger partial charge in [0.25, 0.3) is 0 Å². The molecule has 0 aliphatic heterocycles. The molecule has 3 rings (SSSR count). The van der Waals surface area contributed by atoms with Crippen LogP contribution in [0.1, 0.15) is 25.3 Å². The molecule has 0 spiro atoms. The number of fused-ring (bicyclic) bond motifs is 1. The van der Waals surface area contributed by atoms with E-state index >= 15 is 0 Å². The van der Waals surface area contributed by atoms with Crippen molar-refractivity contribution in [1.29, 1.82) is 0 Å². The van der Waals surface area contributed by atoms with Crippen molar-refractivity contribution in [1.82, 2.24) is 19.5 Å². The molecule has 0 fully saturated rings. The lowest BCUT2D eigenvalue weighted by Crippen LogP contribution is -2.08. The minimum Gasteiger partial charge on any atom is -0.481 e. The largest absolute Gasteiger partial charge is 0.481 e. The number of nitrogen functional groups attached to an aromatic ring is 1. The number of carboxylic acids is 2. The van der Waals surface area contributed by atoms with Crippen LogP contribution in [0.4, 0.5) is 5.82 Å². The fourth-order valence-corrected chi connectivity index (χ4v) is 2.42. The van der Waals surface area contributed by atoms with Crippen LogP contribution in [0.3, 0.4) is 0 Å². The highest BCUT2D eigenvalue weighted by Gasteiger charge is 2.21. The van der Waals surface area contributed by atoms with E-state index in [0.717, 1.165) is 12.1 Å². The second-order valence-corrected chi connectivity index (χ2v) is 5.50. The molecule has 0 unspecified atom stereocenters. The van der Waals surface area contributed by atoms with Crippen molar-refractivity contribution in [3.63, 3.8) is 0 Å². The first-order valence-corrected chi connectivity index (χ1v) is 7.58. The third-order valence-electron chi connectivity index (χ3n) is 3.68. The van der Waals surface area contributed by atoms with Gasteiger partial charge >= 0.3 is 11.9 Å². The van der Waals surface area contributed by atoms with Crippen molar-refractivity contribution in [2.24, 2.45) is 5.92 Å². The van der Waals surface area contributed by atoms with Gasteiger partial charge in [-0.2, -0.15) is 0 Å². The summed E-state index contributed by atoms with van der Waals surface area (Å²) in [6.45, 7) is 0.177. The van der Waals surface area contributed by atoms with Gasteiger partial charge in [0.2, 0.25) is 0 Å². The summed E-state index contributed by atoms with van der Waals surface area (Å²) in [6, 6.07) is 0.187. The van der Waals surface area contributed by atoms with Crippen LogP contribution in [0.2, 0.25) is 0 Å². The number of imidazole rings is 1. The zero-order chi connectivity index (χ0) is 18.4. The zero-order valence-corrected chi connectivity index (χ0v) is 13.3. The highest BCUT2D eigenvalue weighted by atomic mass is 16.4. The number of anilines is 1. The lowest BCUT2D eigenvalue weighted by Gasteiger charge is -2.12. The number of aliphatic carboxylic acids is 2. The number of rotatable bonds is 5. The number of aromatic nitrogens is 4. The van der Waals surface area contributed by atoms with Gasteiger partial charge in [-0.05, 0) is 6.42 Å². The minimum absolute atomic E-state index is 0.177. The number of nitrogens with zero attached hydrogens (tertiary/aromatic N) is 4. The van der Waals surface area contributed by atoms with Crippen LogP contribution in [-0.4, -0.2) is 53.4 Å². The summed E-state index contributed by atoms with van der Waals surface area (Å²) in [5.41, 5.74) is 7.11. The first-order valence-electron chi connectivity index (χ1n) is 7.58. The Morgan fingerprint density at radius 1 is 1.16 bits per heavy atom. The predicted molar refractivity (Wildman–Crippen MR) is 87.6 cm³/mol. The Hall–Kier alpha value is -3.01. The third-order valence-corrected chi connectivity index (χ3v) is 3.68. The first kappa shape index (κ1) is 18.3. The molecule has 0 bridgehead atoms. The van der Waals surface area contributed by atoms with E-state index in [1.54, 1.807) is 6.33 Å². The predicted octanol–water partition coefficient (Wildman–Crippen LogP) is 0.454. The fourth-order valence-electron chi connectivity index (χ4n) is 2.42. The van der Waals surface area contributed by atoms with Crippen LogP contribution in [0.5, 0.6) is 0 Å². The van der Waals surface area contributed by atoms with Gasteiger partial charge in [0, 0.05) is 12.5 Å². The Balaban J connectivity index is 0.000000242. The maximum atomic E-state index is 9.64. The van der Waals surface area contributed by atoms with Crippen LogP contribution in [-0.2, 0) is 9.59 Å². The third kappa shape index (κ3) is 4.73. The Kier molecular flexibility index (Phi) is 6.01. The van der Waals surface area contributed by atoms with E-state index in [1.165, 1.54) is 6.33 Å². The molecule has 0 saturated carbocycles. The van der Waals surface area contributed by atoms with Crippen LogP contribution in [0.15, 0.2) is 24.8 Å². The lowest BCUT2D eigenvalue weighted by atomic mass is 10.1. The van der Waals surface area contributed by atoms with Gasteiger partial charge in [0.1, 0.15) is 11.8 Å². The van der Waals surface area contributed by atoms with Crippen LogP contribution in [0, 0.1) is 5.92 Å². The maximum Gasteiger partial charge on any atom is 0.303 e. The van der Waals surface area contributed by atoms with Crippen molar-refractivity contribution in [2.75, 3.05) is 12.3 Å². The molecule has 134 valence electrons. The van der Waals surface area contributed by atoms with Gasteiger partial charge in [-0.1, -0.05) is 12.2 Å². The number of nitrogens with two attached hydrogens (primary N) is 1. The maximum absolute atomic E-state index is 9.64. The van der Waals surface area contributed by atoms with E-state index in [2.05, 4.69) is 21.0 Å². The van der Waals surface area contributed by atoms with E-state index in [4.69, 9.17) is 21.1 Å². The molecule has 2 aromatic heterocycles. The quantitative estimate of drug-likeness (QED) is 0.561. The van der Waals surface area contributed by atoms with Gasteiger partial charge in [-0.3, -0.25) is 9.59 Å². The molecule has 0 amide bonds. The van der Waals surface area contributed by atoms with E-state index < -0.39 is 11.9 Å². The minimum atomic E-state index is -1.08. The van der Waals surface area contributed by atoms with Gasteiger partial charge < -0.3 is 25.6 Å². The summed E-state index contributed by atoms with van der Waals surface area (Å²) in [6.07, 6.45) is 7.54. The molecule has 0 aromatic carbocycles. The molecule has 0 saturated heterocycles. The molecule has 1 aliphatic carbocycles. The van der Waals surface area contributed by atoms with E-state index in [1.807, 2.05) is 10.6 Å². The number of allylic oxidation sites excluding steroid dienone is 1. The standard InChI is InChI=1S/C11H13N5O.C4H6O4/c12-10-9-11(14-5-13-10)16(6-15-9)8-2-1-7(3-8)4-17;5-3(6)1-2-4(7)8/h1-2,5-8,17H,3-4H2,(H2,12,13,14);1-2H2,(H,5,6)(H,7,8)/t7-,8+;/m0./s1. The number of aliphatic hydroxyl groups excluding tert-OH is 1. The Morgan fingerprint density at radius 2 is 1.84 bits per heavy atom. The summed E-state index contributed by atoms with van der Waals surface area (Å²) in [7, 11) is 0. The number of hydrogen-bond acceptors (Lipinski definition) is 7. The number of hydrogen-bond donors (Lipinski definition) is 4. The number of carbonyl (C=O) groups is 2. The molecule has 10 nitrogen and oxygen atoms in total. The van der Waals surface area contributed by atoms with Gasteiger partial charge in [-0.25, -0.2) is 15.0 Å². The topological polar surface area (TPSA) is 164 Å². The molecule has 0 radical (unpaired) electrons. The van der Waals surface area contributed by atoms with Crippen LogP contribution >= 0.6 is 0 Å². The van der Waals surface area contributed by atoms with E-state index in [0.29, 0.717) is 11.3 Å². The van der Waals surface area contributed by atoms with Crippen molar-refractivity contribution >= 4 is 28.9 Å². The highest BCUT2D eigenvalue weighted by Crippen LogP contribution is 2.30. The van der Waals surface area contributed by atoms with Crippen LogP contribution < -0.4 is 5.73 Å².